The third kappa shape index (κ3) is 15.2. The van der Waals surface area contributed by atoms with Gasteiger partial charge in [-0.2, -0.15) is 23.5 Å². The van der Waals surface area contributed by atoms with Crippen molar-refractivity contribution in [3.63, 3.8) is 0 Å². The third-order valence-corrected chi connectivity index (χ3v) is 9.59. The van der Waals surface area contributed by atoms with Crippen LogP contribution in [-0.4, -0.2) is 59.9 Å². The molecule has 0 aromatic heterocycles. The summed E-state index contributed by atoms with van der Waals surface area (Å²) >= 11 is 3.43. The van der Waals surface area contributed by atoms with Crippen molar-refractivity contribution in [2.45, 2.75) is 51.1 Å². The molecule has 0 bridgehead atoms. The van der Waals surface area contributed by atoms with Crippen molar-refractivity contribution >= 4 is 58.2 Å². The lowest BCUT2D eigenvalue weighted by Crippen LogP contribution is -2.22. The van der Waals surface area contributed by atoms with Gasteiger partial charge in [0.1, 0.15) is 36.9 Å². The molecule has 0 heterocycles. The van der Waals surface area contributed by atoms with Gasteiger partial charge in [0.2, 0.25) is 0 Å². The molecule has 3 atom stereocenters. The van der Waals surface area contributed by atoms with E-state index in [0.29, 0.717) is 29.6 Å². The Balaban J connectivity index is 0.986. The summed E-state index contributed by atoms with van der Waals surface area (Å²) < 4.78 is 22.6. The zero-order valence-corrected chi connectivity index (χ0v) is 30.0. The molecule has 3 unspecified atom stereocenters. The van der Waals surface area contributed by atoms with Crippen LogP contribution in [0.2, 0.25) is 0 Å². The summed E-state index contributed by atoms with van der Waals surface area (Å²) in [5.41, 5.74) is 3.97. The van der Waals surface area contributed by atoms with Crippen molar-refractivity contribution < 1.29 is 28.5 Å². The number of para-hydroxylation sites is 2. The molecule has 0 amide bonds. The number of hydrogen-bond acceptors (Lipinski definition) is 10. The lowest BCUT2D eigenvalue weighted by Gasteiger charge is -2.16. The molecule has 0 aliphatic heterocycles. The zero-order valence-electron chi connectivity index (χ0n) is 28.3. The maximum Gasteiger partial charge on any atom is 0.307 e. The van der Waals surface area contributed by atoms with Gasteiger partial charge in [0.15, 0.2) is 0 Å². The lowest BCUT2D eigenvalue weighted by molar-refractivity contribution is -0.150. The van der Waals surface area contributed by atoms with E-state index in [4.69, 9.17) is 18.9 Å². The third-order valence-electron chi connectivity index (χ3n) is 6.98. The van der Waals surface area contributed by atoms with E-state index < -0.39 is 0 Å². The molecule has 0 aliphatic rings. The first-order chi connectivity index (χ1) is 23.8. The second-order valence-corrected chi connectivity index (χ2v) is 14.2. The second kappa shape index (κ2) is 20.9. The van der Waals surface area contributed by atoms with Crippen LogP contribution in [0.3, 0.4) is 0 Å². The van der Waals surface area contributed by atoms with Gasteiger partial charge in [0.05, 0.1) is 12.8 Å². The minimum Gasteiger partial charge on any atom is -0.490 e. The largest absolute Gasteiger partial charge is 0.490 e. The van der Waals surface area contributed by atoms with E-state index in [1.165, 1.54) is 0 Å². The number of hydrogen-bond donors (Lipinski definition) is 2. The van der Waals surface area contributed by atoms with E-state index in [0.717, 1.165) is 40.0 Å². The van der Waals surface area contributed by atoms with Crippen molar-refractivity contribution in [2.24, 2.45) is 0 Å². The molecular weight excluding hydrogens is 657 g/mol. The fraction of sp³-hybridized carbons (Fsp3) is 0.333. The van der Waals surface area contributed by atoms with Gasteiger partial charge in [-0.25, -0.2) is 0 Å². The lowest BCUT2D eigenvalue weighted by atomic mass is 10.2. The predicted octanol–water partition coefficient (Wildman–Crippen LogP) is 9.13. The van der Waals surface area contributed by atoms with E-state index in [1.807, 2.05) is 123 Å². The van der Waals surface area contributed by atoms with E-state index in [2.05, 4.69) is 17.6 Å². The Labute approximate surface area is 298 Å². The average molecular weight is 703 g/mol. The maximum absolute atomic E-state index is 12.3. The monoisotopic (exact) mass is 702 g/mol. The quantitative estimate of drug-likeness (QED) is 0.0647. The molecule has 260 valence electrons. The molecule has 49 heavy (non-hydrogen) atoms. The number of anilines is 4. The first-order valence-electron chi connectivity index (χ1n) is 16.5. The summed E-state index contributed by atoms with van der Waals surface area (Å²) in [7, 11) is 0. The van der Waals surface area contributed by atoms with Crippen LogP contribution in [0.5, 0.6) is 11.5 Å². The number of ether oxygens (including phenoxy) is 4. The Bertz CT molecular complexity index is 1530. The summed E-state index contributed by atoms with van der Waals surface area (Å²) in [6.45, 7) is 6.36. The highest BCUT2D eigenvalue weighted by molar-refractivity contribution is 8.03. The van der Waals surface area contributed by atoms with Crippen molar-refractivity contribution in [2.75, 3.05) is 41.1 Å². The van der Waals surface area contributed by atoms with E-state index in [9.17, 15) is 9.59 Å². The highest BCUT2D eigenvalue weighted by Crippen LogP contribution is 2.22. The number of carbonyl (C=O) groups excluding carboxylic acids is 2. The van der Waals surface area contributed by atoms with Gasteiger partial charge in [-0.15, -0.1) is 0 Å². The number of rotatable bonds is 21. The Kier molecular flexibility index (Phi) is 16.0. The molecule has 8 nitrogen and oxygen atoms in total. The molecule has 4 rings (SSSR count). The van der Waals surface area contributed by atoms with Crippen LogP contribution in [0.1, 0.15) is 33.6 Å². The molecular formula is C39H46N2O6S2. The minimum atomic E-state index is -0.351. The Morgan fingerprint density at radius 3 is 1.43 bits per heavy atom. The van der Waals surface area contributed by atoms with Crippen LogP contribution >= 0.6 is 23.5 Å². The van der Waals surface area contributed by atoms with Crippen molar-refractivity contribution in [3.05, 3.63) is 109 Å². The smallest absolute Gasteiger partial charge is 0.307 e. The van der Waals surface area contributed by atoms with Gasteiger partial charge >= 0.3 is 11.9 Å². The molecule has 2 N–H and O–H groups in total. The van der Waals surface area contributed by atoms with Gasteiger partial charge in [-0.3, -0.25) is 9.59 Å². The van der Waals surface area contributed by atoms with Gasteiger partial charge < -0.3 is 29.6 Å². The fourth-order valence-electron chi connectivity index (χ4n) is 4.50. The van der Waals surface area contributed by atoms with Crippen molar-refractivity contribution in [1.29, 1.82) is 0 Å². The summed E-state index contributed by atoms with van der Waals surface area (Å²) in [6.07, 6.45) is -0.0220. The molecule has 0 saturated carbocycles. The van der Waals surface area contributed by atoms with Crippen LogP contribution in [0.4, 0.5) is 22.7 Å². The van der Waals surface area contributed by atoms with E-state index >= 15 is 0 Å². The summed E-state index contributed by atoms with van der Waals surface area (Å²) in [4.78, 5) is 24.6. The van der Waals surface area contributed by atoms with Gasteiger partial charge in [-0.05, 0) is 86.6 Å². The molecule has 0 saturated heterocycles. The van der Waals surface area contributed by atoms with Crippen LogP contribution in [0.15, 0.2) is 109 Å². The van der Waals surface area contributed by atoms with E-state index in [-0.39, 0.29) is 37.4 Å². The van der Waals surface area contributed by atoms with Gasteiger partial charge in [-0.1, -0.05) is 43.3 Å². The minimum absolute atomic E-state index is 0.232. The van der Waals surface area contributed by atoms with Crippen LogP contribution in [0.25, 0.3) is 0 Å². The molecule has 4 aromatic rings. The van der Waals surface area contributed by atoms with Crippen LogP contribution in [0, 0.1) is 0 Å². The first kappa shape index (κ1) is 37.5. The average Bonchev–Trinajstić information content (AvgIpc) is 3.10. The summed E-state index contributed by atoms with van der Waals surface area (Å²) in [5, 5.41) is 7.01. The summed E-state index contributed by atoms with van der Waals surface area (Å²) in [6, 6.07) is 35.3. The molecule has 10 heteroatoms. The molecule has 0 fully saturated rings. The van der Waals surface area contributed by atoms with Crippen LogP contribution in [-0.2, 0) is 19.1 Å². The second-order valence-electron chi connectivity index (χ2n) is 11.5. The Hall–Kier alpha value is -4.28. The highest BCUT2D eigenvalue weighted by atomic mass is 32.2. The first-order valence-corrected chi connectivity index (χ1v) is 18.7. The van der Waals surface area contributed by atoms with Crippen molar-refractivity contribution in [3.8, 4) is 11.5 Å². The number of benzene rings is 4. The SMILES string of the molecule is CC(COc1ccc(Nc2ccccc2)cc1)OC(=O)CCSCC(C)SCCC(=O)OC(C)COc1ccc(Nc2ccccc2)cc1. The fourth-order valence-corrected chi connectivity index (χ4v) is 6.67. The zero-order chi connectivity index (χ0) is 34.7. The number of nitrogens with one attached hydrogen (secondary N) is 2. The topological polar surface area (TPSA) is 95.1 Å². The standard InChI is InChI=1S/C39H46N2O6S2/c1-29(26-44-36-18-14-34(15-19-36)40-32-10-6-4-7-11-32)46-38(42)22-24-48-28-31(3)49-25-23-39(43)47-30(2)27-45-37-20-16-35(17-21-37)41-33-12-8-5-9-13-33/h4-21,29-31,40-41H,22-28H2,1-3H3. The Morgan fingerprint density at radius 1 is 0.571 bits per heavy atom. The normalized spacial score (nSPS) is 12.6. The maximum atomic E-state index is 12.3. The Morgan fingerprint density at radius 2 is 0.980 bits per heavy atom. The number of carbonyl (C=O) groups is 2. The summed E-state index contributed by atoms with van der Waals surface area (Å²) in [5.74, 6) is 3.21. The molecule has 0 radical (unpaired) electrons. The highest BCUT2D eigenvalue weighted by Gasteiger charge is 2.14. The number of thioether (sulfide) groups is 2. The van der Waals surface area contributed by atoms with Crippen LogP contribution < -0.4 is 20.1 Å². The number of esters is 2. The molecule has 0 aliphatic carbocycles. The van der Waals surface area contributed by atoms with E-state index in [1.54, 1.807) is 23.5 Å². The predicted molar refractivity (Wildman–Crippen MR) is 203 cm³/mol. The van der Waals surface area contributed by atoms with Gasteiger partial charge in [0, 0.05) is 45.3 Å². The molecule has 4 aromatic carbocycles. The van der Waals surface area contributed by atoms with Gasteiger partial charge in [0.25, 0.3) is 0 Å². The van der Waals surface area contributed by atoms with Crippen molar-refractivity contribution in [1.82, 2.24) is 0 Å². The molecule has 0 spiro atoms.